The van der Waals surface area contributed by atoms with Crippen molar-refractivity contribution in [2.45, 2.75) is 71.2 Å². The molecule has 0 heterocycles. The predicted molar refractivity (Wildman–Crippen MR) is 87.1 cm³/mol. The van der Waals surface area contributed by atoms with Crippen molar-refractivity contribution in [1.82, 2.24) is 4.72 Å². The minimum atomic E-state index is -3.45. The Morgan fingerprint density at radius 2 is 1.52 bits per heavy atom. The fraction of sp³-hybridized carbons (Fsp3) is 0.647. The second-order valence-electron chi connectivity index (χ2n) is 6.58. The molecule has 1 aliphatic carbocycles. The quantitative estimate of drug-likeness (QED) is 0.923. The lowest BCUT2D eigenvalue weighted by molar-refractivity contribution is 0.310. The molecule has 1 fully saturated rings. The lowest BCUT2D eigenvalue weighted by atomic mass is 9.87. The van der Waals surface area contributed by atoms with E-state index in [9.17, 15) is 8.42 Å². The fourth-order valence-electron chi connectivity index (χ4n) is 3.33. The summed E-state index contributed by atoms with van der Waals surface area (Å²) in [6.45, 7) is 9.91. The monoisotopic (exact) mass is 309 g/mol. The Morgan fingerprint density at radius 1 is 1.00 bits per heavy atom. The Labute approximate surface area is 129 Å². The zero-order valence-corrected chi connectivity index (χ0v) is 14.6. The summed E-state index contributed by atoms with van der Waals surface area (Å²) in [6, 6.07) is 2.13. The summed E-state index contributed by atoms with van der Waals surface area (Å²) in [7, 11) is -3.45. The summed E-state index contributed by atoms with van der Waals surface area (Å²) < 4.78 is 28.7. The number of hydrogen-bond donors (Lipinski definition) is 1. The maximum Gasteiger partial charge on any atom is 0.241 e. The van der Waals surface area contributed by atoms with E-state index in [1.165, 1.54) is 6.42 Å². The van der Waals surface area contributed by atoms with Crippen molar-refractivity contribution in [1.29, 1.82) is 0 Å². The molecule has 1 aliphatic rings. The van der Waals surface area contributed by atoms with Gasteiger partial charge in [-0.3, -0.25) is 0 Å². The fourth-order valence-corrected chi connectivity index (χ4v) is 5.33. The van der Waals surface area contributed by atoms with Crippen LogP contribution in [0.25, 0.3) is 0 Å². The molecule has 3 nitrogen and oxygen atoms in total. The molecule has 0 spiro atoms. The molecule has 4 heteroatoms. The van der Waals surface area contributed by atoms with Crippen molar-refractivity contribution in [3.8, 4) is 0 Å². The summed E-state index contributed by atoms with van der Waals surface area (Å²) in [5, 5.41) is 0. The SMILES string of the molecule is Cc1cc(C)c(C)c(S(=O)(=O)N[C@@H]2CCCC[C@H]2C)c1C. The lowest BCUT2D eigenvalue weighted by Crippen LogP contribution is -2.41. The zero-order chi connectivity index (χ0) is 15.8. The summed E-state index contributed by atoms with van der Waals surface area (Å²) in [5.41, 5.74) is 3.81. The van der Waals surface area contributed by atoms with Gasteiger partial charge in [0.05, 0.1) is 4.90 Å². The van der Waals surface area contributed by atoms with Gasteiger partial charge in [0, 0.05) is 6.04 Å². The number of aryl methyl sites for hydroxylation is 2. The minimum absolute atomic E-state index is 0.0726. The number of benzene rings is 1. The van der Waals surface area contributed by atoms with Crippen LogP contribution in [-0.4, -0.2) is 14.5 Å². The van der Waals surface area contributed by atoms with Crippen molar-refractivity contribution >= 4 is 10.0 Å². The number of sulfonamides is 1. The van der Waals surface area contributed by atoms with Gasteiger partial charge in [-0.05, 0) is 68.7 Å². The molecule has 1 N–H and O–H groups in total. The first-order valence-corrected chi connectivity index (χ1v) is 9.32. The van der Waals surface area contributed by atoms with Crippen LogP contribution >= 0.6 is 0 Å². The van der Waals surface area contributed by atoms with E-state index in [1.54, 1.807) is 0 Å². The van der Waals surface area contributed by atoms with Crippen LogP contribution in [0.5, 0.6) is 0 Å². The molecule has 0 unspecified atom stereocenters. The highest BCUT2D eigenvalue weighted by Crippen LogP contribution is 2.29. The maximum atomic E-state index is 12.9. The Bertz CT molecular complexity index is 608. The first kappa shape index (κ1) is 16.5. The molecule has 1 saturated carbocycles. The van der Waals surface area contributed by atoms with Gasteiger partial charge in [0.2, 0.25) is 10.0 Å². The topological polar surface area (TPSA) is 46.2 Å². The van der Waals surface area contributed by atoms with Crippen LogP contribution in [0.1, 0.15) is 54.9 Å². The van der Waals surface area contributed by atoms with E-state index < -0.39 is 10.0 Å². The Hall–Kier alpha value is -0.870. The smallest absolute Gasteiger partial charge is 0.208 e. The van der Waals surface area contributed by atoms with Gasteiger partial charge in [-0.15, -0.1) is 0 Å². The van der Waals surface area contributed by atoms with Crippen LogP contribution < -0.4 is 4.72 Å². The molecule has 0 aliphatic heterocycles. The standard InChI is InChI=1S/C17H27NO2S/c1-11-8-6-7-9-16(11)18-21(19,20)17-14(4)12(2)10-13(3)15(17)5/h10-11,16,18H,6-9H2,1-5H3/t11-,16-/m1/s1. The van der Waals surface area contributed by atoms with Gasteiger partial charge in [-0.1, -0.05) is 25.8 Å². The van der Waals surface area contributed by atoms with Gasteiger partial charge in [-0.2, -0.15) is 0 Å². The molecule has 0 radical (unpaired) electrons. The van der Waals surface area contributed by atoms with E-state index in [4.69, 9.17) is 0 Å². The zero-order valence-electron chi connectivity index (χ0n) is 13.8. The molecule has 2 atom stereocenters. The van der Waals surface area contributed by atoms with Crippen LogP contribution in [0.2, 0.25) is 0 Å². The van der Waals surface area contributed by atoms with Crippen LogP contribution in [-0.2, 0) is 10.0 Å². The van der Waals surface area contributed by atoms with Crippen LogP contribution in [0.15, 0.2) is 11.0 Å². The van der Waals surface area contributed by atoms with Crippen molar-refractivity contribution in [2.24, 2.45) is 5.92 Å². The highest BCUT2D eigenvalue weighted by atomic mass is 32.2. The van der Waals surface area contributed by atoms with E-state index in [0.717, 1.165) is 41.5 Å². The number of hydrogen-bond acceptors (Lipinski definition) is 2. The van der Waals surface area contributed by atoms with Crippen molar-refractivity contribution in [3.63, 3.8) is 0 Å². The highest BCUT2D eigenvalue weighted by molar-refractivity contribution is 7.89. The normalized spacial score (nSPS) is 23.3. The van der Waals surface area contributed by atoms with Gasteiger partial charge < -0.3 is 0 Å². The molecule has 0 amide bonds. The van der Waals surface area contributed by atoms with E-state index >= 15 is 0 Å². The van der Waals surface area contributed by atoms with Gasteiger partial charge in [0.15, 0.2) is 0 Å². The van der Waals surface area contributed by atoms with Crippen molar-refractivity contribution in [2.75, 3.05) is 0 Å². The molecular weight excluding hydrogens is 282 g/mol. The first-order valence-electron chi connectivity index (χ1n) is 7.83. The molecule has 21 heavy (non-hydrogen) atoms. The third kappa shape index (κ3) is 3.32. The van der Waals surface area contributed by atoms with Crippen LogP contribution in [0.3, 0.4) is 0 Å². The predicted octanol–water partition coefficient (Wildman–Crippen LogP) is 3.78. The average molecular weight is 309 g/mol. The van der Waals surface area contributed by atoms with E-state index in [0.29, 0.717) is 10.8 Å². The van der Waals surface area contributed by atoms with E-state index in [2.05, 4.69) is 17.7 Å². The molecule has 0 bridgehead atoms. The Kier molecular flexibility index (Phi) is 4.79. The van der Waals surface area contributed by atoms with Gasteiger partial charge in [-0.25, -0.2) is 13.1 Å². The first-order chi connectivity index (χ1) is 9.74. The highest BCUT2D eigenvalue weighted by Gasteiger charge is 2.29. The molecule has 1 aromatic carbocycles. The maximum absolute atomic E-state index is 12.9. The summed E-state index contributed by atoms with van der Waals surface area (Å²) in [5.74, 6) is 0.417. The minimum Gasteiger partial charge on any atom is -0.208 e. The third-order valence-corrected chi connectivity index (χ3v) is 6.75. The van der Waals surface area contributed by atoms with Crippen molar-refractivity contribution in [3.05, 3.63) is 28.3 Å². The molecule has 118 valence electrons. The summed E-state index contributed by atoms with van der Waals surface area (Å²) in [6.07, 6.45) is 4.38. The van der Waals surface area contributed by atoms with E-state index in [1.807, 2.05) is 27.7 Å². The average Bonchev–Trinajstić information content (AvgIpc) is 2.39. The van der Waals surface area contributed by atoms with Gasteiger partial charge in [0.1, 0.15) is 0 Å². The van der Waals surface area contributed by atoms with Crippen LogP contribution in [0, 0.1) is 33.6 Å². The molecular formula is C17H27NO2S. The van der Waals surface area contributed by atoms with E-state index in [-0.39, 0.29) is 6.04 Å². The van der Waals surface area contributed by atoms with Gasteiger partial charge in [0.25, 0.3) is 0 Å². The summed E-state index contributed by atoms with van der Waals surface area (Å²) >= 11 is 0. The largest absolute Gasteiger partial charge is 0.241 e. The molecule has 1 aromatic rings. The lowest BCUT2D eigenvalue weighted by Gasteiger charge is -2.30. The second-order valence-corrected chi connectivity index (χ2v) is 8.23. The number of nitrogens with one attached hydrogen (secondary N) is 1. The Morgan fingerprint density at radius 3 is 2.05 bits per heavy atom. The second kappa shape index (κ2) is 6.09. The van der Waals surface area contributed by atoms with Crippen molar-refractivity contribution < 1.29 is 8.42 Å². The number of rotatable bonds is 3. The summed E-state index contributed by atoms with van der Waals surface area (Å²) in [4.78, 5) is 0.484. The molecule has 2 rings (SSSR count). The molecule has 0 aromatic heterocycles. The van der Waals surface area contributed by atoms with Crippen LogP contribution in [0.4, 0.5) is 0 Å². The Balaban J connectivity index is 2.40. The van der Waals surface area contributed by atoms with Gasteiger partial charge >= 0.3 is 0 Å². The third-order valence-electron chi connectivity index (χ3n) is 4.98. The molecule has 0 saturated heterocycles.